The molecule has 9 nitrogen and oxygen atoms in total. The first kappa shape index (κ1) is 22.6. The SMILES string of the molecule is Cc1nc(N2CCc3c([nH]c4ccc(Cl)cc34)[C@@H]2c2cnc(N3CCOCC3)nc2)nc(C#N)c1F. The van der Waals surface area contributed by atoms with Crippen LogP contribution < -0.4 is 9.80 Å². The number of morpholine rings is 1. The molecule has 0 bridgehead atoms. The molecule has 11 heteroatoms. The molecule has 0 radical (unpaired) electrons. The molecule has 0 unspecified atom stereocenters. The van der Waals surface area contributed by atoms with Crippen molar-refractivity contribution in [3.8, 4) is 6.07 Å². The number of benzene rings is 1. The second-order valence-electron chi connectivity index (χ2n) is 8.85. The number of hydrogen-bond acceptors (Lipinski definition) is 8. The van der Waals surface area contributed by atoms with Gasteiger partial charge in [0.15, 0.2) is 11.5 Å². The summed E-state index contributed by atoms with van der Waals surface area (Å²) in [5.41, 5.74) is 3.74. The molecule has 3 aromatic heterocycles. The first-order chi connectivity index (χ1) is 17.5. The molecule has 0 aliphatic carbocycles. The Labute approximate surface area is 211 Å². The molecule has 4 aromatic rings. The predicted octanol–water partition coefficient (Wildman–Crippen LogP) is 3.71. The van der Waals surface area contributed by atoms with Gasteiger partial charge in [-0.3, -0.25) is 0 Å². The van der Waals surface area contributed by atoms with Gasteiger partial charge in [0, 0.05) is 59.2 Å². The summed E-state index contributed by atoms with van der Waals surface area (Å²) in [7, 11) is 0. The van der Waals surface area contributed by atoms with Crippen molar-refractivity contribution in [1.29, 1.82) is 5.26 Å². The Hall–Kier alpha value is -3.81. The molecule has 1 aromatic carbocycles. The topological polar surface area (TPSA) is 107 Å². The molecule has 0 saturated carbocycles. The highest BCUT2D eigenvalue weighted by atomic mass is 35.5. The molecule has 182 valence electrons. The van der Waals surface area contributed by atoms with Crippen molar-refractivity contribution >= 4 is 34.4 Å². The summed E-state index contributed by atoms with van der Waals surface area (Å²) in [6.45, 7) is 4.86. The van der Waals surface area contributed by atoms with E-state index in [1.807, 2.05) is 41.6 Å². The quantitative estimate of drug-likeness (QED) is 0.450. The fraction of sp³-hybridized carbons (Fsp3) is 0.320. The molecule has 1 fully saturated rings. The molecule has 0 amide bonds. The number of hydrogen-bond donors (Lipinski definition) is 1. The number of H-pyrrole nitrogens is 1. The second kappa shape index (κ2) is 9.00. The van der Waals surface area contributed by atoms with Crippen LogP contribution in [0, 0.1) is 24.1 Å². The molecule has 1 saturated heterocycles. The van der Waals surface area contributed by atoms with Crippen LogP contribution in [-0.4, -0.2) is 57.8 Å². The van der Waals surface area contributed by atoms with E-state index in [2.05, 4.69) is 29.8 Å². The third kappa shape index (κ3) is 3.81. The Morgan fingerprint density at radius 1 is 1.14 bits per heavy atom. The van der Waals surface area contributed by atoms with Gasteiger partial charge in [0.05, 0.1) is 18.9 Å². The van der Waals surface area contributed by atoms with E-state index in [1.54, 1.807) is 0 Å². The number of fused-ring (bicyclic) bond motifs is 3. The molecule has 2 aliphatic heterocycles. The highest BCUT2D eigenvalue weighted by Crippen LogP contribution is 2.40. The lowest BCUT2D eigenvalue weighted by atomic mass is 9.94. The van der Waals surface area contributed by atoms with E-state index in [9.17, 15) is 9.65 Å². The zero-order valence-electron chi connectivity index (χ0n) is 19.5. The summed E-state index contributed by atoms with van der Waals surface area (Å²) in [6, 6.07) is 7.25. The molecule has 36 heavy (non-hydrogen) atoms. The van der Waals surface area contributed by atoms with Crippen molar-refractivity contribution < 1.29 is 9.13 Å². The number of nitriles is 1. The number of nitrogens with zero attached hydrogens (tertiary/aromatic N) is 7. The molecule has 1 N–H and O–H groups in total. The van der Waals surface area contributed by atoms with Crippen molar-refractivity contribution in [2.45, 2.75) is 19.4 Å². The van der Waals surface area contributed by atoms with Gasteiger partial charge in [0.2, 0.25) is 11.9 Å². The van der Waals surface area contributed by atoms with Crippen LogP contribution in [0.3, 0.4) is 0 Å². The number of aromatic nitrogens is 5. The van der Waals surface area contributed by atoms with Gasteiger partial charge in [-0.05, 0) is 37.1 Å². The largest absolute Gasteiger partial charge is 0.378 e. The van der Waals surface area contributed by atoms with Gasteiger partial charge in [-0.15, -0.1) is 0 Å². The molecule has 0 spiro atoms. The minimum Gasteiger partial charge on any atom is -0.378 e. The fourth-order valence-corrected chi connectivity index (χ4v) is 5.14. The number of anilines is 2. The molecule has 1 atom stereocenters. The minimum absolute atomic E-state index is 0.128. The van der Waals surface area contributed by atoms with E-state index in [1.165, 1.54) is 6.92 Å². The van der Waals surface area contributed by atoms with Gasteiger partial charge in [-0.1, -0.05) is 11.6 Å². The Kier molecular flexibility index (Phi) is 5.66. The second-order valence-corrected chi connectivity index (χ2v) is 9.29. The Bertz CT molecular complexity index is 1490. The average molecular weight is 505 g/mol. The van der Waals surface area contributed by atoms with Crippen LogP contribution in [-0.2, 0) is 11.2 Å². The van der Waals surface area contributed by atoms with Crippen LogP contribution in [0.5, 0.6) is 0 Å². The number of ether oxygens (including phenoxy) is 1. The number of halogens is 2. The first-order valence-corrected chi connectivity index (χ1v) is 12.1. The van der Waals surface area contributed by atoms with E-state index >= 15 is 0 Å². The van der Waals surface area contributed by atoms with Crippen molar-refractivity contribution in [3.05, 3.63) is 69.6 Å². The van der Waals surface area contributed by atoms with Crippen LogP contribution >= 0.6 is 11.6 Å². The normalized spacial score (nSPS) is 17.8. The lowest BCUT2D eigenvalue weighted by molar-refractivity contribution is 0.122. The zero-order valence-corrected chi connectivity index (χ0v) is 20.3. The van der Waals surface area contributed by atoms with E-state index in [-0.39, 0.29) is 23.4 Å². The summed E-state index contributed by atoms with van der Waals surface area (Å²) in [6.07, 6.45) is 4.32. The summed E-state index contributed by atoms with van der Waals surface area (Å²) in [5.74, 6) is 0.234. The maximum Gasteiger partial charge on any atom is 0.227 e. The summed E-state index contributed by atoms with van der Waals surface area (Å²) >= 11 is 6.31. The predicted molar refractivity (Wildman–Crippen MR) is 133 cm³/mol. The summed E-state index contributed by atoms with van der Waals surface area (Å²) in [5, 5.41) is 11.2. The molecule has 6 rings (SSSR count). The zero-order chi connectivity index (χ0) is 24.8. The van der Waals surface area contributed by atoms with Gasteiger partial charge in [0.25, 0.3) is 0 Å². The lowest BCUT2D eigenvalue weighted by Crippen LogP contribution is -2.39. The van der Waals surface area contributed by atoms with Crippen LogP contribution in [0.25, 0.3) is 10.9 Å². The Morgan fingerprint density at radius 2 is 1.92 bits per heavy atom. The standard InChI is InChI=1S/C25H22ClFN8O/c1-14-21(27)20(11-28)33-25(31-14)35-5-4-17-18-10-16(26)2-3-19(18)32-22(17)23(35)15-12-29-24(30-13-15)34-6-8-36-9-7-34/h2-3,10,12-13,23,32H,4-9H2,1H3/t23-/m0/s1. The van der Waals surface area contributed by atoms with Gasteiger partial charge in [-0.2, -0.15) is 10.2 Å². The number of nitrogens with one attached hydrogen (secondary N) is 1. The average Bonchev–Trinajstić information content (AvgIpc) is 3.28. The van der Waals surface area contributed by atoms with Crippen LogP contribution in [0.1, 0.15) is 34.3 Å². The summed E-state index contributed by atoms with van der Waals surface area (Å²) in [4.78, 5) is 25.6. The highest BCUT2D eigenvalue weighted by molar-refractivity contribution is 6.31. The number of aryl methyl sites for hydroxylation is 1. The highest BCUT2D eigenvalue weighted by Gasteiger charge is 2.34. The number of aromatic amines is 1. The third-order valence-electron chi connectivity index (χ3n) is 6.72. The smallest absolute Gasteiger partial charge is 0.227 e. The molecular formula is C25H22ClFN8O. The molecule has 5 heterocycles. The fourth-order valence-electron chi connectivity index (χ4n) is 4.97. The van der Waals surface area contributed by atoms with E-state index in [0.717, 1.165) is 40.8 Å². The van der Waals surface area contributed by atoms with Gasteiger partial charge in [-0.25, -0.2) is 19.3 Å². The Balaban J connectivity index is 1.48. The first-order valence-electron chi connectivity index (χ1n) is 11.7. The third-order valence-corrected chi connectivity index (χ3v) is 6.96. The van der Waals surface area contributed by atoms with Gasteiger partial charge >= 0.3 is 0 Å². The van der Waals surface area contributed by atoms with Gasteiger partial charge < -0.3 is 19.5 Å². The minimum atomic E-state index is -0.700. The van der Waals surface area contributed by atoms with Crippen molar-refractivity contribution in [2.75, 3.05) is 42.6 Å². The van der Waals surface area contributed by atoms with Crippen molar-refractivity contribution in [3.63, 3.8) is 0 Å². The van der Waals surface area contributed by atoms with Crippen molar-refractivity contribution in [2.24, 2.45) is 0 Å². The maximum atomic E-state index is 14.4. The van der Waals surface area contributed by atoms with Crippen molar-refractivity contribution in [1.82, 2.24) is 24.9 Å². The maximum absolute atomic E-state index is 14.4. The number of rotatable bonds is 3. The van der Waals surface area contributed by atoms with E-state index in [0.29, 0.717) is 37.2 Å². The van der Waals surface area contributed by atoms with E-state index in [4.69, 9.17) is 16.3 Å². The molecular weight excluding hydrogens is 483 g/mol. The monoisotopic (exact) mass is 504 g/mol. The Morgan fingerprint density at radius 3 is 2.67 bits per heavy atom. The van der Waals surface area contributed by atoms with Crippen LogP contribution in [0.15, 0.2) is 30.6 Å². The summed E-state index contributed by atoms with van der Waals surface area (Å²) < 4.78 is 19.8. The van der Waals surface area contributed by atoms with E-state index < -0.39 is 5.82 Å². The lowest BCUT2D eigenvalue weighted by Gasteiger charge is -2.36. The van der Waals surface area contributed by atoms with Gasteiger partial charge in [0.1, 0.15) is 12.1 Å². The molecule has 2 aliphatic rings. The van der Waals surface area contributed by atoms with Crippen LogP contribution in [0.4, 0.5) is 16.3 Å². The van der Waals surface area contributed by atoms with Crippen LogP contribution in [0.2, 0.25) is 5.02 Å².